The average molecular weight is 409 g/mol. The second kappa shape index (κ2) is 7.04. The molecule has 29 heavy (non-hydrogen) atoms. The summed E-state index contributed by atoms with van der Waals surface area (Å²) in [7, 11) is 0. The molecular formula is C22H28N6S. The lowest BCUT2D eigenvalue weighted by Gasteiger charge is -2.33. The minimum absolute atomic E-state index is 0.505. The van der Waals surface area contributed by atoms with E-state index in [9.17, 15) is 0 Å². The predicted octanol–water partition coefficient (Wildman–Crippen LogP) is 4.44. The minimum Gasteiger partial charge on any atom is -0.356 e. The van der Waals surface area contributed by atoms with Crippen LogP contribution in [0.3, 0.4) is 0 Å². The van der Waals surface area contributed by atoms with Crippen LogP contribution in [0.25, 0.3) is 10.2 Å². The molecule has 6 rings (SSSR count). The highest BCUT2D eigenvalue weighted by Crippen LogP contribution is 2.44. The van der Waals surface area contributed by atoms with Crippen molar-refractivity contribution in [1.29, 1.82) is 0 Å². The average Bonchev–Trinajstić information content (AvgIpc) is 3.39. The summed E-state index contributed by atoms with van der Waals surface area (Å²) in [5.74, 6) is 4.58. The Morgan fingerprint density at radius 2 is 1.86 bits per heavy atom. The number of thiophene rings is 1. The number of nitrogens with zero attached hydrogens (tertiary/aromatic N) is 6. The van der Waals surface area contributed by atoms with E-state index in [-0.39, 0.29) is 0 Å². The molecule has 6 nitrogen and oxygen atoms in total. The highest BCUT2D eigenvalue weighted by Gasteiger charge is 2.32. The van der Waals surface area contributed by atoms with Crippen molar-refractivity contribution in [2.45, 2.75) is 76.7 Å². The topological polar surface area (TPSA) is 59.7 Å². The number of hydrogen-bond acceptors (Lipinski definition) is 6. The molecule has 0 N–H and O–H groups in total. The highest BCUT2D eigenvalue weighted by molar-refractivity contribution is 7.19. The van der Waals surface area contributed by atoms with Crippen molar-refractivity contribution >= 4 is 27.4 Å². The maximum Gasteiger partial charge on any atom is 0.141 e. The maximum atomic E-state index is 5.18. The molecule has 152 valence electrons. The van der Waals surface area contributed by atoms with E-state index in [0.29, 0.717) is 11.8 Å². The Bertz CT molecular complexity index is 1040. The molecule has 0 atom stereocenters. The van der Waals surface area contributed by atoms with Crippen LogP contribution in [0.5, 0.6) is 0 Å². The second-order valence-corrected chi connectivity index (χ2v) is 9.89. The largest absolute Gasteiger partial charge is 0.356 e. The predicted molar refractivity (Wildman–Crippen MR) is 116 cm³/mol. The Hall–Kier alpha value is -2.02. The molecule has 0 bridgehead atoms. The van der Waals surface area contributed by atoms with Gasteiger partial charge in [-0.2, -0.15) is 0 Å². The molecule has 2 fully saturated rings. The molecule has 0 spiro atoms. The van der Waals surface area contributed by atoms with Crippen LogP contribution in [0.1, 0.15) is 79.4 Å². The molecule has 1 saturated heterocycles. The quantitative estimate of drug-likeness (QED) is 0.639. The van der Waals surface area contributed by atoms with Gasteiger partial charge in [0, 0.05) is 36.3 Å². The van der Waals surface area contributed by atoms with Gasteiger partial charge in [-0.1, -0.05) is 0 Å². The molecule has 0 amide bonds. The minimum atomic E-state index is 0.505. The molecule has 0 radical (unpaired) electrons. The zero-order valence-electron chi connectivity index (χ0n) is 17.1. The molecule has 2 aliphatic carbocycles. The van der Waals surface area contributed by atoms with E-state index in [0.717, 1.165) is 44.1 Å². The van der Waals surface area contributed by atoms with Crippen LogP contribution in [0.2, 0.25) is 0 Å². The van der Waals surface area contributed by atoms with Gasteiger partial charge in [0.25, 0.3) is 0 Å². The summed E-state index contributed by atoms with van der Waals surface area (Å²) in [4.78, 5) is 15.6. The number of rotatable bonds is 4. The Morgan fingerprint density at radius 3 is 2.66 bits per heavy atom. The van der Waals surface area contributed by atoms with E-state index in [1.54, 1.807) is 10.4 Å². The Kier molecular flexibility index (Phi) is 4.32. The van der Waals surface area contributed by atoms with Crippen molar-refractivity contribution in [2.24, 2.45) is 0 Å². The number of aryl methyl sites for hydroxylation is 3. The molecule has 1 saturated carbocycles. The fourth-order valence-electron chi connectivity index (χ4n) is 5.08. The molecule has 3 aliphatic rings. The van der Waals surface area contributed by atoms with E-state index in [1.165, 1.54) is 54.6 Å². The fourth-order valence-corrected chi connectivity index (χ4v) is 6.34. The lowest BCUT2D eigenvalue weighted by Crippen LogP contribution is -2.34. The van der Waals surface area contributed by atoms with Crippen LogP contribution >= 0.6 is 11.3 Å². The van der Waals surface area contributed by atoms with Crippen LogP contribution < -0.4 is 4.90 Å². The monoisotopic (exact) mass is 408 g/mol. The third-order valence-electron chi connectivity index (χ3n) is 6.90. The number of hydrogen-bond donors (Lipinski definition) is 0. The van der Waals surface area contributed by atoms with Crippen molar-refractivity contribution in [1.82, 2.24) is 24.7 Å². The van der Waals surface area contributed by atoms with Crippen LogP contribution in [0.15, 0.2) is 6.33 Å². The number of anilines is 1. The van der Waals surface area contributed by atoms with Crippen molar-refractivity contribution in [2.75, 3.05) is 18.0 Å². The molecule has 7 heteroatoms. The number of piperidine rings is 1. The SMILES string of the molecule is CCn1cnnc1C1CCN(c2nc(C3CC3)nc3sc4c(c23)CCCC4)CC1. The normalized spacial score (nSPS) is 20.4. The number of aromatic nitrogens is 5. The van der Waals surface area contributed by atoms with Crippen molar-refractivity contribution in [3.8, 4) is 0 Å². The molecular weight excluding hydrogens is 380 g/mol. The summed E-state index contributed by atoms with van der Waals surface area (Å²) in [6.45, 7) is 5.20. The third-order valence-corrected chi connectivity index (χ3v) is 8.09. The maximum absolute atomic E-state index is 5.18. The van der Waals surface area contributed by atoms with Gasteiger partial charge in [0.2, 0.25) is 0 Å². The number of fused-ring (bicyclic) bond motifs is 3. The zero-order valence-corrected chi connectivity index (χ0v) is 17.9. The molecule has 1 aliphatic heterocycles. The summed E-state index contributed by atoms with van der Waals surface area (Å²) in [6.07, 6.45) is 11.7. The van der Waals surface area contributed by atoms with Gasteiger partial charge < -0.3 is 9.47 Å². The first-order valence-corrected chi connectivity index (χ1v) is 12.1. The first-order valence-electron chi connectivity index (χ1n) is 11.3. The molecule has 0 aromatic carbocycles. The third kappa shape index (κ3) is 3.05. The van der Waals surface area contributed by atoms with Gasteiger partial charge in [-0.15, -0.1) is 21.5 Å². The van der Waals surface area contributed by atoms with Crippen molar-refractivity contribution in [3.05, 3.63) is 28.4 Å². The smallest absolute Gasteiger partial charge is 0.141 e. The summed E-state index contributed by atoms with van der Waals surface area (Å²) in [6, 6.07) is 0. The van der Waals surface area contributed by atoms with E-state index in [1.807, 2.05) is 17.7 Å². The van der Waals surface area contributed by atoms with Gasteiger partial charge in [0.05, 0.1) is 5.39 Å². The van der Waals surface area contributed by atoms with E-state index in [4.69, 9.17) is 9.97 Å². The van der Waals surface area contributed by atoms with Gasteiger partial charge in [-0.3, -0.25) is 0 Å². The standard InChI is InChI=1S/C22H28N6S/c1-2-27-13-23-26-20(27)15-9-11-28(12-10-15)21-18-16-5-3-4-6-17(16)29-22(18)25-19(24-21)14-7-8-14/h13-15H,2-12H2,1H3. The molecule has 4 heterocycles. The molecule has 3 aromatic rings. The molecule has 0 unspecified atom stereocenters. The molecule has 3 aromatic heterocycles. The Balaban J connectivity index is 1.34. The Labute approximate surface area is 175 Å². The zero-order chi connectivity index (χ0) is 19.4. The first kappa shape index (κ1) is 17.8. The van der Waals surface area contributed by atoms with E-state index < -0.39 is 0 Å². The Morgan fingerprint density at radius 1 is 1.03 bits per heavy atom. The van der Waals surface area contributed by atoms with Crippen LogP contribution in [-0.4, -0.2) is 37.8 Å². The van der Waals surface area contributed by atoms with Gasteiger partial charge in [-0.05, 0) is 63.9 Å². The van der Waals surface area contributed by atoms with Crippen LogP contribution in [0.4, 0.5) is 5.82 Å². The summed E-state index contributed by atoms with van der Waals surface area (Å²) in [5, 5.41) is 9.95. The first-order chi connectivity index (χ1) is 14.3. The van der Waals surface area contributed by atoms with Crippen LogP contribution in [0, 0.1) is 0 Å². The summed E-state index contributed by atoms with van der Waals surface area (Å²) >= 11 is 1.94. The van der Waals surface area contributed by atoms with Gasteiger partial charge in [0.15, 0.2) is 0 Å². The summed E-state index contributed by atoms with van der Waals surface area (Å²) < 4.78 is 2.20. The van der Waals surface area contributed by atoms with Crippen molar-refractivity contribution in [3.63, 3.8) is 0 Å². The highest BCUT2D eigenvalue weighted by atomic mass is 32.1. The van der Waals surface area contributed by atoms with E-state index >= 15 is 0 Å². The van der Waals surface area contributed by atoms with Crippen LogP contribution in [-0.2, 0) is 19.4 Å². The lowest BCUT2D eigenvalue weighted by molar-refractivity contribution is 0.465. The lowest BCUT2D eigenvalue weighted by atomic mass is 9.94. The van der Waals surface area contributed by atoms with E-state index in [2.05, 4.69) is 26.6 Å². The van der Waals surface area contributed by atoms with Crippen molar-refractivity contribution < 1.29 is 0 Å². The summed E-state index contributed by atoms with van der Waals surface area (Å²) in [5.41, 5.74) is 1.56. The second-order valence-electron chi connectivity index (χ2n) is 8.81. The van der Waals surface area contributed by atoms with Gasteiger partial charge in [0.1, 0.15) is 28.6 Å². The van der Waals surface area contributed by atoms with Gasteiger partial charge >= 0.3 is 0 Å². The van der Waals surface area contributed by atoms with Gasteiger partial charge in [-0.25, -0.2) is 9.97 Å². The fraction of sp³-hybridized carbons (Fsp3) is 0.636.